The number of aryl methyl sites for hydroxylation is 1. The molecule has 25 heavy (non-hydrogen) atoms. The molecule has 0 aliphatic carbocycles. The highest BCUT2D eigenvalue weighted by Crippen LogP contribution is 2.22. The van der Waals surface area contributed by atoms with Crippen LogP contribution in [-0.2, 0) is 11.2 Å². The zero-order valence-corrected chi connectivity index (χ0v) is 15.9. The molecule has 1 aliphatic heterocycles. The van der Waals surface area contributed by atoms with Gasteiger partial charge in [0.25, 0.3) is 0 Å². The number of benzene rings is 1. The first kappa shape index (κ1) is 20.0. The molecule has 1 aromatic rings. The highest BCUT2D eigenvalue weighted by atomic mass is 16.6. The fourth-order valence-electron chi connectivity index (χ4n) is 3.22. The van der Waals surface area contributed by atoms with Gasteiger partial charge in [0.1, 0.15) is 18.5 Å². The Balaban J connectivity index is 1.44. The van der Waals surface area contributed by atoms with E-state index in [1.807, 2.05) is 6.08 Å². The summed E-state index contributed by atoms with van der Waals surface area (Å²) in [7, 11) is 0. The van der Waals surface area contributed by atoms with Crippen molar-refractivity contribution in [3.05, 3.63) is 42.5 Å². The van der Waals surface area contributed by atoms with Crippen LogP contribution in [0.25, 0.3) is 0 Å². The third-order valence-electron chi connectivity index (χ3n) is 4.90. The van der Waals surface area contributed by atoms with Crippen LogP contribution in [0.3, 0.4) is 0 Å². The van der Waals surface area contributed by atoms with Crippen molar-refractivity contribution in [2.75, 3.05) is 13.2 Å². The van der Waals surface area contributed by atoms with Crippen molar-refractivity contribution < 1.29 is 9.47 Å². The van der Waals surface area contributed by atoms with E-state index in [4.69, 9.17) is 9.47 Å². The van der Waals surface area contributed by atoms with E-state index in [0.29, 0.717) is 12.7 Å². The predicted molar refractivity (Wildman–Crippen MR) is 106 cm³/mol. The number of unbranched alkanes of at least 4 members (excludes halogenated alkanes) is 10. The summed E-state index contributed by atoms with van der Waals surface area (Å²) in [6, 6.07) is 8.47. The number of rotatable bonds is 16. The van der Waals surface area contributed by atoms with E-state index in [-0.39, 0.29) is 0 Å². The van der Waals surface area contributed by atoms with E-state index >= 15 is 0 Å². The summed E-state index contributed by atoms with van der Waals surface area (Å²) in [4.78, 5) is 0. The van der Waals surface area contributed by atoms with E-state index in [0.717, 1.165) is 18.8 Å². The van der Waals surface area contributed by atoms with Gasteiger partial charge in [0.2, 0.25) is 0 Å². The van der Waals surface area contributed by atoms with Crippen LogP contribution in [0.5, 0.6) is 5.75 Å². The van der Waals surface area contributed by atoms with E-state index in [1.54, 1.807) is 0 Å². The molecule has 140 valence electrons. The van der Waals surface area contributed by atoms with Gasteiger partial charge in [-0.15, -0.1) is 6.58 Å². The standard InChI is InChI=1S/C23H36O2/c1-2-3-4-5-6-7-8-9-10-11-12-13-16-21-17-14-15-18-23(21)25-20-22-19-24-22/h2,14-15,17-18,22H,1,3-13,16,19-20H2. The van der Waals surface area contributed by atoms with Gasteiger partial charge in [-0.2, -0.15) is 0 Å². The Labute approximate surface area is 154 Å². The largest absolute Gasteiger partial charge is 0.491 e. The fraction of sp³-hybridized carbons (Fsp3) is 0.652. The Morgan fingerprint density at radius 2 is 1.52 bits per heavy atom. The minimum absolute atomic E-state index is 0.329. The molecule has 1 aliphatic rings. The van der Waals surface area contributed by atoms with Crippen molar-refractivity contribution in [3.63, 3.8) is 0 Å². The third kappa shape index (κ3) is 9.69. The first-order valence-corrected chi connectivity index (χ1v) is 10.3. The lowest BCUT2D eigenvalue weighted by Gasteiger charge is -2.10. The molecule has 1 heterocycles. The molecule has 1 aromatic carbocycles. The van der Waals surface area contributed by atoms with Crippen LogP contribution in [0.15, 0.2) is 36.9 Å². The van der Waals surface area contributed by atoms with E-state index in [9.17, 15) is 0 Å². The van der Waals surface area contributed by atoms with Gasteiger partial charge in [0.15, 0.2) is 0 Å². The Hall–Kier alpha value is -1.28. The highest BCUT2D eigenvalue weighted by Gasteiger charge is 2.23. The Morgan fingerprint density at radius 3 is 2.16 bits per heavy atom. The molecule has 0 spiro atoms. The summed E-state index contributed by atoms with van der Waals surface area (Å²) in [5.74, 6) is 1.05. The summed E-state index contributed by atoms with van der Waals surface area (Å²) in [5, 5.41) is 0. The minimum atomic E-state index is 0.329. The number of hydrogen-bond donors (Lipinski definition) is 0. The molecular formula is C23H36O2. The lowest BCUT2D eigenvalue weighted by molar-refractivity contribution is 0.261. The number of hydrogen-bond acceptors (Lipinski definition) is 2. The smallest absolute Gasteiger partial charge is 0.122 e. The minimum Gasteiger partial charge on any atom is -0.491 e. The van der Waals surface area contributed by atoms with Gasteiger partial charge in [-0.1, -0.05) is 75.6 Å². The number of ether oxygens (including phenoxy) is 2. The topological polar surface area (TPSA) is 21.8 Å². The number of allylic oxidation sites excluding steroid dienone is 1. The van der Waals surface area contributed by atoms with Gasteiger partial charge < -0.3 is 9.47 Å². The molecule has 2 rings (SSSR count). The van der Waals surface area contributed by atoms with E-state index in [1.165, 1.54) is 76.2 Å². The van der Waals surface area contributed by atoms with Crippen LogP contribution in [0.1, 0.15) is 76.2 Å². The monoisotopic (exact) mass is 344 g/mol. The maximum atomic E-state index is 5.89. The second kappa shape index (κ2) is 13.0. The zero-order chi connectivity index (χ0) is 17.6. The molecule has 1 saturated heterocycles. The molecule has 2 heteroatoms. The van der Waals surface area contributed by atoms with E-state index < -0.39 is 0 Å². The molecule has 0 radical (unpaired) electrons. The Morgan fingerprint density at radius 1 is 0.920 bits per heavy atom. The lowest BCUT2D eigenvalue weighted by atomic mass is 10.0. The molecule has 1 atom stereocenters. The normalized spacial score (nSPS) is 15.9. The Bertz CT molecular complexity index is 465. The highest BCUT2D eigenvalue weighted by molar-refractivity contribution is 5.33. The number of epoxide rings is 1. The van der Waals surface area contributed by atoms with Crippen molar-refractivity contribution in [1.82, 2.24) is 0 Å². The van der Waals surface area contributed by atoms with Gasteiger partial charge in [0, 0.05) is 0 Å². The number of para-hydroxylation sites is 1. The SMILES string of the molecule is C=CCCCCCCCCCCCCc1ccccc1OCC1CO1. The van der Waals surface area contributed by atoms with Crippen LogP contribution in [0, 0.1) is 0 Å². The predicted octanol–water partition coefficient (Wildman–Crippen LogP) is 6.48. The van der Waals surface area contributed by atoms with Crippen molar-refractivity contribution in [3.8, 4) is 5.75 Å². The Kier molecular flexibility index (Phi) is 10.4. The maximum absolute atomic E-state index is 5.89. The summed E-state index contributed by atoms with van der Waals surface area (Å²) in [6.07, 6.45) is 18.4. The average Bonchev–Trinajstić information content (AvgIpc) is 3.46. The fourth-order valence-corrected chi connectivity index (χ4v) is 3.22. The first-order chi connectivity index (χ1) is 12.4. The van der Waals surface area contributed by atoms with Crippen LogP contribution >= 0.6 is 0 Å². The van der Waals surface area contributed by atoms with Crippen LogP contribution in [-0.4, -0.2) is 19.3 Å². The van der Waals surface area contributed by atoms with Gasteiger partial charge in [-0.05, 0) is 37.3 Å². The average molecular weight is 345 g/mol. The van der Waals surface area contributed by atoms with Crippen molar-refractivity contribution in [2.45, 2.75) is 83.2 Å². The molecule has 0 N–H and O–H groups in total. The summed E-state index contributed by atoms with van der Waals surface area (Å²) >= 11 is 0. The molecule has 0 amide bonds. The molecule has 1 fully saturated rings. The van der Waals surface area contributed by atoms with Crippen LogP contribution in [0.4, 0.5) is 0 Å². The molecule has 2 nitrogen and oxygen atoms in total. The third-order valence-corrected chi connectivity index (χ3v) is 4.90. The van der Waals surface area contributed by atoms with Crippen LogP contribution in [0.2, 0.25) is 0 Å². The van der Waals surface area contributed by atoms with Crippen molar-refractivity contribution in [2.24, 2.45) is 0 Å². The first-order valence-electron chi connectivity index (χ1n) is 10.3. The van der Waals surface area contributed by atoms with Crippen LogP contribution < -0.4 is 4.74 Å². The molecule has 0 saturated carbocycles. The summed E-state index contributed by atoms with van der Waals surface area (Å²) < 4.78 is 11.1. The molecular weight excluding hydrogens is 308 g/mol. The molecule has 0 bridgehead atoms. The quantitative estimate of drug-likeness (QED) is 0.194. The lowest BCUT2D eigenvalue weighted by Crippen LogP contribution is -2.05. The van der Waals surface area contributed by atoms with Gasteiger partial charge >= 0.3 is 0 Å². The second-order valence-corrected chi connectivity index (χ2v) is 7.24. The summed E-state index contributed by atoms with van der Waals surface area (Å²) in [6.45, 7) is 5.33. The van der Waals surface area contributed by atoms with Gasteiger partial charge in [-0.3, -0.25) is 0 Å². The second-order valence-electron chi connectivity index (χ2n) is 7.24. The van der Waals surface area contributed by atoms with Crippen molar-refractivity contribution in [1.29, 1.82) is 0 Å². The van der Waals surface area contributed by atoms with E-state index in [2.05, 4.69) is 30.8 Å². The molecule has 0 aromatic heterocycles. The zero-order valence-electron chi connectivity index (χ0n) is 15.9. The van der Waals surface area contributed by atoms with Gasteiger partial charge in [0.05, 0.1) is 6.61 Å². The molecule has 1 unspecified atom stereocenters. The summed E-state index contributed by atoms with van der Waals surface area (Å²) in [5.41, 5.74) is 1.35. The van der Waals surface area contributed by atoms with Crippen molar-refractivity contribution >= 4 is 0 Å². The van der Waals surface area contributed by atoms with Gasteiger partial charge in [-0.25, -0.2) is 0 Å². The maximum Gasteiger partial charge on any atom is 0.122 e.